The van der Waals surface area contributed by atoms with E-state index in [0.29, 0.717) is 23.8 Å². The number of nitrogens with zero attached hydrogens (tertiary/aromatic N) is 2. The van der Waals surface area contributed by atoms with E-state index in [0.717, 1.165) is 44.1 Å². The Hall–Kier alpha value is -2.20. The summed E-state index contributed by atoms with van der Waals surface area (Å²) in [6.45, 7) is 4.50. The lowest BCUT2D eigenvalue weighted by Crippen LogP contribution is -2.42. The molecule has 0 radical (unpaired) electrons. The molecule has 0 spiro atoms. The van der Waals surface area contributed by atoms with Gasteiger partial charge in [-0.2, -0.15) is 0 Å². The molecule has 1 aliphatic rings. The van der Waals surface area contributed by atoms with Crippen LogP contribution in [0.4, 0.5) is 0 Å². The first-order valence-corrected chi connectivity index (χ1v) is 10.2. The number of halogens is 1. The van der Waals surface area contributed by atoms with Gasteiger partial charge in [0.15, 0.2) is 17.5 Å². The molecule has 0 aromatic heterocycles. The molecule has 0 aliphatic carbocycles. The van der Waals surface area contributed by atoms with Crippen molar-refractivity contribution in [2.45, 2.75) is 19.5 Å². The largest absolute Gasteiger partial charge is 0.493 e. The van der Waals surface area contributed by atoms with Crippen LogP contribution in [-0.4, -0.2) is 58.9 Å². The van der Waals surface area contributed by atoms with Crippen molar-refractivity contribution in [3.05, 3.63) is 53.1 Å². The Balaban J connectivity index is 0.00000341. The van der Waals surface area contributed by atoms with Gasteiger partial charge in [-0.25, -0.2) is 0 Å². The number of ether oxygens (including phenoxy) is 3. The van der Waals surface area contributed by atoms with Gasteiger partial charge in [-0.1, -0.05) is 24.3 Å². The summed E-state index contributed by atoms with van der Waals surface area (Å²) in [5, 5.41) is 6.75. The van der Waals surface area contributed by atoms with Crippen LogP contribution in [0.3, 0.4) is 0 Å². The SMILES string of the molecule is CN=C(NCCN1CCc2ccccc2C1)NCc1cc(OC)c(OC)c(OC)c1.I. The average molecular weight is 540 g/mol. The highest BCUT2D eigenvalue weighted by molar-refractivity contribution is 14.0. The van der Waals surface area contributed by atoms with Crippen molar-refractivity contribution in [2.24, 2.45) is 4.99 Å². The molecule has 8 heteroatoms. The number of fused-ring (bicyclic) bond motifs is 1. The van der Waals surface area contributed by atoms with Gasteiger partial charge in [0, 0.05) is 39.8 Å². The van der Waals surface area contributed by atoms with E-state index in [1.54, 1.807) is 28.4 Å². The third-order valence-electron chi connectivity index (χ3n) is 5.34. The first-order valence-electron chi connectivity index (χ1n) is 10.2. The Kier molecular flexibility index (Phi) is 10.2. The van der Waals surface area contributed by atoms with Crippen molar-refractivity contribution in [2.75, 3.05) is 48.0 Å². The van der Waals surface area contributed by atoms with Gasteiger partial charge in [-0.15, -0.1) is 24.0 Å². The van der Waals surface area contributed by atoms with E-state index in [1.807, 2.05) is 12.1 Å². The minimum absolute atomic E-state index is 0. The van der Waals surface area contributed by atoms with Crippen LogP contribution in [0, 0.1) is 0 Å². The van der Waals surface area contributed by atoms with Gasteiger partial charge in [-0.3, -0.25) is 9.89 Å². The van der Waals surface area contributed by atoms with Crippen molar-refractivity contribution < 1.29 is 14.2 Å². The molecule has 31 heavy (non-hydrogen) atoms. The zero-order valence-electron chi connectivity index (χ0n) is 18.7. The van der Waals surface area contributed by atoms with Crippen molar-refractivity contribution in [3.8, 4) is 17.2 Å². The van der Waals surface area contributed by atoms with Gasteiger partial charge < -0.3 is 24.8 Å². The summed E-state index contributed by atoms with van der Waals surface area (Å²) in [7, 11) is 6.62. The number of rotatable bonds is 8. The smallest absolute Gasteiger partial charge is 0.203 e. The molecule has 2 N–H and O–H groups in total. The Labute approximate surface area is 202 Å². The maximum atomic E-state index is 5.43. The predicted octanol–water partition coefficient (Wildman–Crippen LogP) is 3.05. The molecule has 2 aromatic rings. The second-order valence-corrected chi connectivity index (χ2v) is 7.18. The van der Waals surface area contributed by atoms with E-state index >= 15 is 0 Å². The molecule has 3 rings (SSSR count). The highest BCUT2D eigenvalue weighted by Gasteiger charge is 2.16. The summed E-state index contributed by atoms with van der Waals surface area (Å²) in [5.41, 5.74) is 3.93. The maximum absolute atomic E-state index is 5.43. The lowest BCUT2D eigenvalue weighted by atomic mass is 10.00. The van der Waals surface area contributed by atoms with Crippen molar-refractivity contribution in [3.63, 3.8) is 0 Å². The van der Waals surface area contributed by atoms with E-state index in [2.05, 4.69) is 44.8 Å². The van der Waals surface area contributed by atoms with Crippen molar-refractivity contribution >= 4 is 29.9 Å². The average Bonchev–Trinajstić information content (AvgIpc) is 2.80. The Morgan fingerprint density at radius 3 is 2.29 bits per heavy atom. The molecule has 2 aromatic carbocycles. The Morgan fingerprint density at radius 2 is 1.68 bits per heavy atom. The molecule has 0 atom stereocenters. The molecule has 1 heterocycles. The predicted molar refractivity (Wildman–Crippen MR) is 135 cm³/mol. The molecule has 0 amide bonds. The van der Waals surface area contributed by atoms with Crippen LogP contribution in [0.5, 0.6) is 17.2 Å². The normalized spacial score (nSPS) is 13.6. The first-order chi connectivity index (χ1) is 14.7. The van der Waals surface area contributed by atoms with Gasteiger partial charge in [-0.05, 0) is 35.2 Å². The van der Waals surface area contributed by atoms with E-state index in [1.165, 1.54) is 11.1 Å². The Bertz CT molecular complexity index is 851. The zero-order chi connectivity index (χ0) is 21.3. The number of hydrogen-bond acceptors (Lipinski definition) is 5. The number of benzene rings is 2. The van der Waals surface area contributed by atoms with Crippen LogP contribution in [0.1, 0.15) is 16.7 Å². The molecule has 170 valence electrons. The molecular formula is C23H33IN4O3. The van der Waals surface area contributed by atoms with E-state index in [9.17, 15) is 0 Å². The van der Waals surface area contributed by atoms with Gasteiger partial charge in [0.25, 0.3) is 0 Å². The van der Waals surface area contributed by atoms with Gasteiger partial charge in [0.1, 0.15) is 0 Å². The highest BCUT2D eigenvalue weighted by Crippen LogP contribution is 2.38. The van der Waals surface area contributed by atoms with Crippen LogP contribution in [0.25, 0.3) is 0 Å². The number of methoxy groups -OCH3 is 3. The first kappa shape index (κ1) is 25.1. The Morgan fingerprint density at radius 1 is 1.00 bits per heavy atom. The number of guanidine groups is 1. The molecule has 0 bridgehead atoms. The summed E-state index contributed by atoms with van der Waals surface area (Å²) in [5.74, 6) is 2.64. The molecule has 0 unspecified atom stereocenters. The lowest BCUT2D eigenvalue weighted by Gasteiger charge is -2.28. The summed E-state index contributed by atoms with van der Waals surface area (Å²) < 4.78 is 16.2. The monoisotopic (exact) mass is 540 g/mol. The van der Waals surface area contributed by atoms with Gasteiger partial charge in [0.05, 0.1) is 21.3 Å². The summed E-state index contributed by atoms with van der Waals surface area (Å²) in [6, 6.07) is 12.6. The van der Waals surface area contributed by atoms with E-state index in [4.69, 9.17) is 14.2 Å². The fourth-order valence-corrected chi connectivity index (χ4v) is 3.72. The molecule has 0 fully saturated rings. The zero-order valence-corrected chi connectivity index (χ0v) is 21.1. The molecule has 1 aliphatic heterocycles. The maximum Gasteiger partial charge on any atom is 0.203 e. The van der Waals surface area contributed by atoms with Crippen molar-refractivity contribution in [1.29, 1.82) is 0 Å². The second kappa shape index (κ2) is 12.6. The van der Waals surface area contributed by atoms with Crippen molar-refractivity contribution in [1.82, 2.24) is 15.5 Å². The van der Waals surface area contributed by atoms with Crippen LogP contribution < -0.4 is 24.8 Å². The number of nitrogens with one attached hydrogen (secondary N) is 2. The van der Waals surface area contributed by atoms with E-state index < -0.39 is 0 Å². The fraction of sp³-hybridized carbons (Fsp3) is 0.435. The number of hydrogen-bond donors (Lipinski definition) is 2. The van der Waals surface area contributed by atoms with Crippen LogP contribution >= 0.6 is 24.0 Å². The summed E-state index contributed by atoms with van der Waals surface area (Å²) in [4.78, 5) is 6.80. The molecule has 7 nitrogen and oxygen atoms in total. The van der Waals surface area contributed by atoms with E-state index in [-0.39, 0.29) is 24.0 Å². The molecule has 0 saturated heterocycles. The van der Waals surface area contributed by atoms with Crippen LogP contribution in [-0.2, 0) is 19.5 Å². The number of aliphatic imine (C=N–C) groups is 1. The quantitative estimate of drug-likeness (QED) is 0.305. The van der Waals surface area contributed by atoms with Gasteiger partial charge >= 0.3 is 0 Å². The fourth-order valence-electron chi connectivity index (χ4n) is 3.72. The summed E-state index contributed by atoms with van der Waals surface area (Å²) in [6.07, 6.45) is 1.12. The summed E-state index contributed by atoms with van der Waals surface area (Å²) >= 11 is 0. The minimum atomic E-state index is 0. The van der Waals surface area contributed by atoms with Crippen LogP contribution in [0.15, 0.2) is 41.4 Å². The van der Waals surface area contributed by atoms with Crippen LogP contribution in [0.2, 0.25) is 0 Å². The standard InChI is InChI=1S/C23H32N4O3.HI/c1-24-23(25-10-12-27-11-9-18-7-5-6-8-19(18)16-27)26-15-17-13-20(28-2)22(30-4)21(14-17)29-3;/h5-8,13-14H,9-12,15-16H2,1-4H3,(H2,24,25,26);1H. The third-order valence-corrected chi connectivity index (χ3v) is 5.34. The van der Waals surface area contributed by atoms with Gasteiger partial charge in [0.2, 0.25) is 5.75 Å². The molecule has 0 saturated carbocycles. The minimum Gasteiger partial charge on any atom is -0.493 e. The molecular weight excluding hydrogens is 507 g/mol. The highest BCUT2D eigenvalue weighted by atomic mass is 127. The third kappa shape index (κ3) is 6.64. The topological polar surface area (TPSA) is 67.4 Å². The second-order valence-electron chi connectivity index (χ2n) is 7.18. The lowest BCUT2D eigenvalue weighted by molar-refractivity contribution is 0.258.